The minimum Gasteiger partial charge on any atom is -0.481 e. The average molecular weight is 344 g/mol. The van der Waals surface area contributed by atoms with E-state index in [0.717, 1.165) is 27.9 Å². The van der Waals surface area contributed by atoms with E-state index in [-0.39, 0.29) is 12.3 Å². The first-order valence-electron chi connectivity index (χ1n) is 5.96. The Balaban J connectivity index is 1.93. The Bertz CT molecular complexity index is 520. The third kappa shape index (κ3) is 3.91. The van der Waals surface area contributed by atoms with Crippen molar-refractivity contribution >= 4 is 45.2 Å². The molecule has 2 N–H and O–H groups in total. The van der Waals surface area contributed by atoms with Crippen molar-refractivity contribution in [3.05, 3.63) is 26.9 Å². The quantitative estimate of drug-likeness (QED) is 0.807. The molecule has 4 nitrogen and oxygen atoms in total. The fourth-order valence-electron chi connectivity index (χ4n) is 2.12. The van der Waals surface area contributed by atoms with Gasteiger partial charge in [0.2, 0.25) is 5.91 Å². The summed E-state index contributed by atoms with van der Waals surface area (Å²) >= 11 is 4.89. The molecular formula is C13H14BrNO3S. The number of carbonyl (C=O) groups excluding carboxylic acids is 1. The maximum atomic E-state index is 11.8. The minimum atomic E-state index is -0.869. The molecule has 1 aliphatic carbocycles. The number of rotatable bonds is 5. The van der Waals surface area contributed by atoms with Crippen molar-refractivity contribution in [3.8, 4) is 0 Å². The molecule has 0 aromatic carbocycles. The topological polar surface area (TPSA) is 66.4 Å². The fraction of sp³-hybridized carbons (Fsp3) is 0.385. The standard InChI is InChI=1S/C13H14BrNO3S/c14-10-4-2-9(19-10)3-5-11(16)15-13(6-1-7-13)8-12(17)18/h2-5H,1,6-8H2,(H,15,16)(H,17,18). The van der Waals surface area contributed by atoms with Crippen LogP contribution in [0, 0.1) is 0 Å². The lowest BCUT2D eigenvalue weighted by Crippen LogP contribution is -2.54. The maximum Gasteiger partial charge on any atom is 0.305 e. The summed E-state index contributed by atoms with van der Waals surface area (Å²) < 4.78 is 1.01. The molecule has 2 rings (SSSR count). The van der Waals surface area contributed by atoms with Gasteiger partial charge in [-0.25, -0.2) is 0 Å². The molecule has 1 heterocycles. The first-order valence-corrected chi connectivity index (χ1v) is 7.57. The Kier molecular flexibility index (Phi) is 4.42. The van der Waals surface area contributed by atoms with Gasteiger partial charge in [0.05, 0.1) is 15.7 Å². The van der Waals surface area contributed by atoms with E-state index in [1.807, 2.05) is 12.1 Å². The average Bonchev–Trinajstić information content (AvgIpc) is 2.69. The molecule has 19 heavy (non-hydrogen) atoms. The Morgan fingerprint density at radius 2 is 2.21 bits per heavy atom. The maximum absolute atomic E-state index is 11.8. The highest BCUT2D eigenvalue weighted by molar-refractivity contribution is 9.11. The van der Waals surface area contributed by atoms with Gasteiger partial charge in [-0.3, -0.25) is 9.59 Å². The van der Waals surface area contributed by atoms with Crippen molar-refractivity contribution in [2.45, 2.75) is 31.2 Å². The predicted octanol–water partition coefficient (Wildman–Crippen LogP) is 3.04. The molecule has 0 radical (unpaired) electrons. The summed E-state index contributed by atoms with van der Waals surface area (Å²) in [5.41, 5.74) is -0.538. The lowest BCUT2D eigenvalue weighted by atomic mass is 9.74. The van der Waals surface area contributed by atoms with Crippen molar-refractivity contribution in [2.24, 2.45) is 0 Å². The minimum absolute atomic E-state index is 0.00285. The van der Waals surface area contributed by atoms with Gasteiger partial charge in [-0.2, -0.15) is 0 Å². The van der Waals surface area contributed by atoms with E-state index in [2.05, 4.69) is 21.2 Å². The molecular weight excluding hydrogens is 330 g/mol. The molecule has 1 fully saturated rings. The van der Waals surface area contributed by atoms with Gasteiger partial charge in [0.1, 0.15) is 0 Å². The summed E-state index contributed by atoms with van der Waals surface area (Å²) in [4.78, 5) is 23.6. The van der Waals surface area contributed by atoms with Crippen LogP contribution < -0.4 is 5.32 Å². The van der Waals surface area contributed by atoms with Gasteiger partial charge >= 0.3 is 5.97 Å². The molecule has 0 aliphatic heterocycles. The Labute approximate surface area is 123 Å². The second-order valence-electron chi connectivity index (χ2n) is 4.67. The Morgan fingerprint density at radius 1 is 1.47 bits per heavy atom. The number of aliphatic carboxylic acids is 1. The van der Waals surface area contributed by atoms with Crippen LogP contribution in [-0.4, -0.2) is 22.5 Å². The van der Waals surface area contributed by atoms with E-state index in [1.54, 1.807) is 6.08 Å². The zero-order valence-corrected chi connectivity index (χ0v) is 12.6. The van der Waals surface area contributed by atoms with E-state index < -0.39 is 11.5 Å². The van der Waals surface area contributed by atoms with Crippen molar-refractivity contribution in [1.82, 2.24) is 5.32 Å². The smallest absolute Gasteiger partial charge is 0.305 e. The van der Waals surface area contributed by atoms with Crippen LogP contribution in [0.25, 0.3) is 6.08 Å². The summed E-state index contributed by atoms with van der Waals surface area (Å²) in [5, 5.41) is 11.7. The number of amides is 1. The molecule has 0 saturated heterocycles. The van der Waals surface area contributed by atoms with Crippen LogP contribution in [0.3, 0.4) is 0 Å². The highest BCUT2D eigenvalue weighted by Crippen LogP contribution is 2.34. The normalized spacial score (nSPS) is 17.1. The molecule has 1 aromatic heterocycles. The number of thiophene rings is 1. The van der Waals surface area contributed by atoms with Gasteiger partial charge < -0.3 is 10.4 Å². The third-order valence-corrected chi connectivity index (χ3v) is 4.77. The van der Waals surface area contributed by atoms with Crippen molar-refractivity contribution < 1.29 is 14.7 Å². The number of hydrogen-bond donors (Lipinski definition) is 2. The number of halogens is 1. The van der Waals surface area contributed by atoms with Crippen LogP contribution in [-0.2, 0) is 9.59 Å². The van der Waals surface area contributed by atoms with Crippen LogP contribution >= 0.6 is 27.3 Å². The summed E-state index contributed by atoms with van der Waals surface area (Å²) in [7, 11) is 0. The SMILES string of the molecule is O=C(O)CC1(NC(=O)C=Cc2ccc(Br)s2)CCC1. The lowest BCUT2D eigenvalue weighted by Gasteiger charge is -2.41. The lowest BCUT2D eigenvalue weighted by molar-refractivity contribution is -0.140. The zero-order valence-electron chi connectivity index (χ0n) is 10.2. The van der Waals surface area contributed by atoms with Crippen molar-refractivity contribution in [2.75, 3.05) is 0 Å². The van der Waals surface area contributed by atoms with Gasteiger partial charge in [0.15, 0.2) is 0 Å². The summed E-state index contributed by atoms with van der Waals surface area (Å²) in [6.07, 6.45) is 5.64. The number of carboxylic acids is 1. The largest absolute Gasteiger partial charge is 0.481 e. The van der Waals surface area contributed by atoms with E-state index in [9.17, 15) is 9.59 Å². The second kappa shape index (κ2) is 5.88. The number of nitrogens with one attached hydrogen (secondary N) is 1. The van der Waals surface area contributed by atoms with E-state index in [1.165, 1.54) is 17.4 Å². The second-order valence-corrected chi connectivity index (χ2v) is 7.16. The first kappa shape index (κ1) is 14.3. The van der Waals surface area contributed by atoms with E-state index in [0.29, 0.717) is 0 Å². The monoisotopic (exact) mass is 343 g/mol. The number of carboxylic acid groups (broad SMARTS) is 1. The van der Waals surface area contributed by atoms with Gasteiger partial charge in [0, 0.05) is 11.0 Å². The number of carbonyl (C=O) groups is 2. The molecule has 0 atom stereocenters. The van der Waals surface area contributed by atoms with E-state index in [4.69, 9.17) is 5.11 Å². The zero-order chi connectivity index (χ0) is 13.9. The fourth-order valence-corrected chi connectivity index (χ4v) is 3.44. The molecule has 1 saturated carbocycles. The molecule has 1 amide bonds. The van der Waals surface area contributed by atoms with Crippen LogP contribution in [0.15, 0.2) is 22.0 Å². The third-order valence-electron chi connectivity index (χ3n) is 3.18. The summed E-state index contributed by atoms with van der Waals surface area (Å²) in [6, 6.07) is 3.83. The molecule has 6 heteroatoms. The van der Waals surface area contributed by atoms with Crippen LogP contribution in [0.1, 0.15) is 30.6 Å². The molecule has 0 unspecified atom stereocenters. The van der Waals surface area contributed by atoms with Gasteiger partial charge in [-0.1, -0.05) is 0 Å². The van der Waals surface area contributed by atoms with Crippen LogP contribution in [0.5, 0.6) is 0 Å². The van der Waals surface area contributed by atoms with Crippen molar-refractivity contribution in [3.63, 3.8) is 0 Å². The summed E-state index contributed by atoms with van der Waals surface area (Å²) in [6.45, 7) is 0. The summed E-state index contributed by atoms with van der Waals surface area (Å²) in [5.74, 6) is -1.10. The first-order chi connectivity index (χ1) is 8.99. The van der Waals surface area contributed by atoms with Crippen LogP contribution in [0.2, 0.25) is 0 Å². The Hall–Kier alpha value is -1.14. The van der Waals surface area contributed by atoms with Gasteiger partial charge in [-0.15, -0.1) is 11.3 Å². The highest BCUT2D eigenvalue weighted by atomic mass is 79.9. The predicted molar refractivity (Wildman–Crippen MR) is 78.0 cm³/mol. The van der Waals surface area contributed by atoms with Crippen LogP contribution in [0.4, 0.5) is 0 Å². The van der Waals surface area contributed by atoms with Gasteiger partial charge in [-0.05, 0) is 53.4 Å². The highest BCUT2D eigenvalue weighted by Gasteiger charge is 2.39. The molecule has 1 aliphatic rings. The van der Waals surface area contributed by atoms with E-state index >= 15 is 0 Å². The molecule has 0 bridgehead atoms. The Morgan fingerprint density at radius 3 is 2.68 bits per heavy atom. The molecule has 1 aromatic rings. The van der Waals surface area contributed by atoms with Crippen molar-refractivity contribution in [1.29, 1.82) is 0 Å². The molecule has 0 spiro atoms. The number of hydrogen-bond acceptors (Lipinski definition) is 3. The molecule has 102 valence electrons. The van der Waals surface area contributed by atoms with Gasteiger partial charge in [0.25, 0.3) is 0 Å².